The summed E-state index contributed by atoms with van der Waals surface area (Å²) >= 11 is 1.74. The van der Waals surface area contributed by atoms with Crippen LogP contribution in [0.5, 0.6) is 0 Å². The third-order valence-corrected chi connectivity index (χ3v) is 5.85. The van der Waals surface area contributed by atoms with Gasteiger partial charge in [0, 0.05) is 43.9 Å². The van der Waals surface area contributed by atoms with Crippen LogP contribution in [-0.2, 0) is 6.42 Å². The Morgan fingerprint density at radius 3 is 2.69 bits per heavy atom. The lowest BCUT2D eigenvalue weighted by Gasteiger charge is -2.15. The molecular formula is C21H32IN5OS. The highest BCUT2D eigenvalue weighted by atomic mass is 127. The van der Waals surface area contributed by atoms with E-state index >= 15 is 0 Å². The van der Waals surface area contributed by atoms with Crippen molar-refractivity contribution in [1.29, 1.82) is 0 Å². The SMILES string of the molecule is CCNC(=NCC(CO)c1ccccc1)NCCc1csc(N2CCCC2)n1.I. The molecule has 1 aromatic carbocycles. The molecule has 29 heavy (non-hydrogen) atoms. The zero-order valence-electron chi connectivity index (χ0n) is 17.0. The topological polar surface area (TPSA) is 72.8 Å². The number of aliphatic hydroxyl groups excluding tert-OH is 1. The van der Waals surface area contributed by atoms with Crippen molar-refractivity contribution in [1.82, 2.24) is 15.6 Å². The zero-order chi connectivity index (χ0) is 19.6. The normalized spacial score (nSPS) is 15.1. The molecule has 2 heterocycles. The predicted octanol–water partition coefficient (Wildman–Crippen LogP) is 3.24. The predicted molar refractivity (Wildman–Crippen MR) is 133 cm³/mol. The number of benzene rings is 1. The van der Waals surface area contributed by atoms with Gasteiger partial charge in [-0.3, -0.25) is 4.99 Å². The zero-order valence-corrected chi connectivity index (χ0v) is 20.2. The van der Waals surface area contributed by atoms with Gasteiger partial charge >= 0.3 is 0 Å². The van der Waals surface area contributed by atoms with Crippen molar-refractivity contribution < 1.29 is 5.11 Å². The van der Waals surface area contributed by atoms with Gasteiger partial charge in [0.25, 0.3) is 0 Å². The molecule has 0 radical (unpaired) electrons. The first-order chi connectivity index (χ1) is 13.8. The summed E-state index contributed by atoms with van der Waals surface area (Å²) in [4.78, 5) is 11.8. The van der Waals surface area contributed by atoms with Gasteiger partial charge in [-0.2, -0.15) is 0 Å². The Labute approximate surface area is 194 Å². The number of aliphatic imine (C=N–C) groups is 1. The Bertz CT molecular complexity index is 734. The van der Waals surface area contributed by atoms with Crippen molar-refractivity contribution in [3.05, 3.63) is 47.0 Å². The number of aliphatic hydroxyl groups is 1. The molecular weight excluding hydrogens is 497 g/mol. The highest BCUT2D eigenvalue weighted by Crippen LogP contribution is 2.24. The average molecular weight is 529 g/mol. The van der Waals surface area contributed by atoms with Crippen LogP contribution in [0.25, 0.3) is 0 Å². The van der Waals surface area contributed by atoms with Crippen molar-refractivity contribution in [3.8, 4) is 0 Å². The lowest BCUT2D eigenvalue weighted by molar-refractivity contribution is 0.268. The molecule has 0 saturated carbocycles. The summed E-state index contributed by atoms with van der Waals surface area (Å²) in [6, 6.07) is 10.1. The standard InChI is InChI=1S/C21H31N5OS.HI/c1-2-22-20(24-14-18(15-27)17-8-4-3-5-9-17)23-11-10-19-16-28-21(25-19)26-12-6-7-13-26;/h3-5,8-9,16,18,27H,2,6-7,10-15H2,1H3,(H2,22,23,24);1H. The molecule has 3 rings (SSSR count). The van der Waals surface area contributed by atoms with Gasteiger partial charge in [0.2, 0.25) is 0 Å². The van der Waals surface area contributed by atoms with Crippen LogP contribution in [0, 0.1) is 0 Å². The molecule has 0 aliphatic carbocycles. The molecule has 1 unspecified atom stereocenters. The summed E-state index contributed by atoms with van der Waals surface area (Å²) < 4.78 is 0. The second-order valence-corrected chi connectivity index (χ2v) is 7.84. The van der Waals surface area contributed by atoms with Crippen LogP contribution in [0.3, 0.4) is 0 Å². The van der Waals surface area contributed by atoms with E-state index < -0.39 is 0 Å². The molecule has 0 bridgehead atoms. The van der Waals surface area contributed by atoms with Gasteiger partial charge in [0.05, 0.1) is 18.8 Å². The molecule has 1 saturated heterocycles. The minimum absolute atomic E-state index is 0. The van der Waals surface area contributed by atoms with Crippen molar-refractivity contribution in [2.75, 3.05) is 44.2 Å². The lowest BCUT2D eigenvalue weighted by atomic mass is 10.0. The van der Waals surface area contributed by atoms with Crippen LogP contribution in [0.15, 0.2) is 40.7 Å². The first-order valence-corrected chi connectivity index (χ1v) is 11.1. The fourth-order valence-electron chi connectivity index (χ4n) is 3.31. The quantitative estimate of drug-likeness (QED) is 0.264. The average Bonchev–Trinajstić information content (AvgIpc) is 3.41. The first kappa shape index (κ1) is 23.9. The number of rotatable bonds is 9. The van der Waals surface area contributed by atoms with Crippen molar-refractivity contribution in [2.24, 2.45) is 4.99 Å². The van der Waals surface area contributed by atoms with Crippen molar-refractivity contribution in [3.63, 3.8) is 0 Å². The molecule has 6 nitrogen and oxygen atoms in total. The number of aromatic nitrogens is 1. The molecule has 3 N–H and O–H groups in total. The van der Waals surface area contributed by atoms with Crippen LogP contribution >= 0.6 is 35.3 Å². The summed E-state index contributed by atoms with van der Waals surface area (Å²) in [6.07, 6.45) is 3.42. The van der Waals surface area contributed by atoms with Crippen LogP contribution in [0.2, 0.25) is 0 Å². The second kappa shape index (κ2) is 13.0. The van der Waals surface area contributed by atoms with Crippen LogP contribution in [0.1, 0.15) is 36.9 Å². The van der Waals surface area contributed by atoms with Crippen LogP contribution in [-0.4, -0.2) is 55.4 Å². The maximum absolute atomic E-state index is 9.72. The smallest absolute Gasteiger partial charge is 0.191 e. The Hall–Kier alpha value is -1.39. The van der Waals surface area contributed by atoms with Crippen molar-refractivity contribution in [2.45, 2.75) is 32.1 Å². The fraction of sp³-hybridized carbons (Fsp3) is 0.524. The number of guanidine groups is 1. The van der Waals surface area contributed by atoms with E-state index in [2.05, 4.69) is 32.8 Å². The molecule has 0 amide bonds. The van der Waals surface area contributed by atoms with Gasteiger partial charge in [-0.15, -0.1) is 35.3 Å². The van der Waals surface area contributed by atoms with E-state index in [1.807, 2.05) is 30.3 Å². The van der Waals surface area contributed by atoms with Crippen molar-refractivity contribution >= 4 is 46.4 Å². The molecule has 1 aliphatic heterocycles. The highest BCUT2D eigenvalue weighted by molar-refractivity contribution is 14.0. The number of nitrogens with zero attached hydrogens (tertiary/aromatic N) is 3. The monoisotopic (exact) mass is 529 g/mol. The summed E-state index contributed by atoms with van der Waals surface area (Å²) in [6.45, 7) is 6.55. The van der Waals surface area contributed by atoms with Gasteiger partial charge in [-0.1, -0.05) is 30.3 Å². The molecule has 1 aliphatic rings. The number of thiazole rings is 1. The van der Waals surface area contributed by atoms with E-state index in [1.165, 1.54) is 12.8 Å². The third-order valence-electron chi connectivity index (χ3n) is 4.90. The van der Waals surface area contributed by atoms with E-state index in [0.29, 0.717) is 6.54 Å². The maximum Gasteiger partial charge on any atom is 0.191 e. The Kier molecular flexibility index (Phi) is 10.7. The number of hydrogen-bond donors (Lipinski definition) is 3. The second-order valence-electron chi connectivity index (χ2n) is 7.00. The number of halogens is 1. The summed E-state index contributed by atoms with van der Waals surface area (Å²) in [5, 5.41) is 19.7. The van der Waals surface area contributed by atoms with E-state index in [-0.39, 0.29) is 36.5 Å². The van der Waals surface area contributed by atoms with E-state index in [9.17, 15) is 5.11 Å². The van der Waals surface area contributed by atoms with E-state index in [0.717, 1.165) is 54.9 Å². The number of nitrogens with one attached hydrogen (secondary N) is 2. The maximum atomic E-state index is 9.72. The summed E-state index contributed by atoms with van der Waals surface area (Å²) in [5.74, 6) is 0.796. The molecule has 1 atom stereocenters. The van der Waals surface area contributed by atoms with Crippen LogP contribution < -0.4 is 15.5 Å². The largest absolute Gasteiger partial charge is 0.396 e. The fourth-order valence-corrected chi connectivity index (χ4v) is 4.22. The molecule has 1 fully saturated rings. The van der Waals surface area contributed by atoms with E-state index in [1.54, 1.807) is 11.3 Å². The summed E-state index contributed by atoms with van der Waals surface area (Å²) in [5.41, 5.74) is 2.24. The lowest BCUT2D eigenvalue weighted by Crippen LogP contribution is -2.38. The van der Waals surface area contributed by atoms with Gasteiger partial charge in [-0.05, 0) is 25.3 Å². The van der Waals surface area contributed by atoms with Gasteiger partial charge in [-0.25, -0.2) is 4.98 Å². The number of anilines is 1. The van der Waals surface area contributed by atoms with Crippen LogP contribution in [0.4, 0.5) is 5.13 Å². The van der Waals surface area contributed by atoms with Gasteiger partial charge in [0.15, 0.2) is 11.1 Å². The van der Waals surface area contributed by atoms with Gasteiger partial charge < -0.3 is 20.6 Å². The van der Waals surface area contributed by atoms with Gasteiger partial charge in [0.1, 0.15) is 0 Å². The molecule has 1 aromatic heterocycles. The molecule has 160 valence electrons. The third kappa shape index (κ3) is 7.42. The Morgan fingerprint density at radius 1 is 1.24 bits per heavy atom. The minimum Gasteiger partial charge on any atom is -0.396 e. The molecule has 2 aromatic rings. The Balaban J connectivity index is 0.00000300. The number of hydrogen-bond acceptors (Lipinski definition) is 5. The van der Waals surface area contributed by atoms with E-state index in [4.69, 9.17) is 4.98 Å². The minimum atomic E-state index is 0. The molecule has 8 heteroatoms. The Morgan fingerprint density at radius 2 is 2.00 bits per heavy atom. The molecule has 0 spiro atoms. The first-order valence-electron chi connectivity index (χ1n) is 10.2. The summed E-state index contributed by atoms with van der Waals surface area (Å²) in [7, 11) is 0. The highest BCUT2D eigenvalue weighted by Gasteiger charge is 2.15.